The van der Waals surface area contributed by atoms with E-state index in [9.17, 15) is 9.59 Å². The molecule has 0 bridgehead atoms. The number of ether oxygens (including phenoxy) is 1. The summed E-state index contributed by atoms with van der Waals surface area (Å²) in [6.07, 6.45) is 3.86. The first-order valence-electron chi connectivity index (χ1n) is 9.64. The van der Waals surface area contributed by atoms with Crippen LogP contribution in [0.5, 0.6) is 5.75 Å². The minimum Gasteiger partial charge on any atom is -0.486 e. The molecule has 2 atom stereocenters. The molecule has 0 radical (unpaired) electrons. The SMILES string of the molecule is CC(=O)N[C@H]1CCCC[C@@H]1NC(=O)c1csc(COc2cc(C)cc(C)c2)n1. The Morgan fingerprint density at radius 1 is 1.11 bits per heavy atom. The molecule has 1 aliphatic carbocycles. The maximum absolute atomic E-state index is 12.6. The number of carbonyl (C=O) groups excluding carboxylic acids is 2. The Morgan fingerprint density at radius 2 is 1.75 bits per heavy atom. The molecule has 150 valence electrons. The number of nitrogens with zero attached hydrogens (tertiary/aromatic N) is 1. The summed E-state index contributed by atoms with van der Waals surface area (Å²) < 4.78 is 5.83. The predicted octanol–water partition coefficient (Wildman–Crippen LogP) is 3.52. The standard InChI is InChI=1S/C21H27N3O3S/c1-13-8-14(2)10-16(9-13)27-11-20-23-19(12-28-20)21(26)24-18-7-5-4-6-17(18)22-15(3)25/h8-10,12,17-18H,4-7,11H2,1-3H3,(H,22,25)(H,24,26)/t17-,18-/m0/s1. The molecule has 2 aromatic rings. The van der Waals surface area contributed by atoms with Crippen LogP contribution in [-0.4, -0.2) is 28.9 Å². The molecule has 0 spiro atoms. The number of amides is 2. The lowest BCUT2D eigenvalue weighted by Crippen LogP contribution is -2.52. The van der Waals surface area contributed by atoms with Gasteiger partial charge < -0.3 is 15.4 Å². The Labute approximate surface area is 169 Å². The van der Waals surface area contributed by atoms with Crippen LogP contribution in [0.25, 0.3) is 0 Å². The zero-order chi connectivity index (χ0) is 20.1. The number of benzene rings is 1. The van der Waals surface area contributed by atoms with Crippen molar-refractivity contribution in [1.82, 2.24) is 15.6 Å². The highest BCUT2D eigenvalue weighted by Crippen LogP contribution is 2.21. The largest absolute Gasteiger partial charge is 0.486 e. The van der Waals surface area contributed by atoms with E-state index >= 15 is 0 Å². The van der Waals surface area contributed by atoms with E-state index in [0.717, 1.165) is 47.6 Å². The molecule has 2 amide bonds. The van der Waals surface area contributed by atoms with E-state index in [1.165, 1.54) is 18.3 Å². The monoisotopic (exact) mass is 401 g/mol. The molecule has 2 N–H and O–H groups in total. The van der Waals surface area contributed by atoms with Crippen LogP contribution in [0.4, 0.5) is 0 Å². The quantitative estimate of drug-likeness (QED) is 0.776. The first kappa shape index (κ1) is 20.3. The van der Waals surface area contributed by atoms with Gasteiger partial charge in [-0.3, -0.25) is 9.59 Å². The molecule has 7 heteroatoms. The Morgan fingerprint density at radius 3 is 2.39 bits per heavy atom. The lowest BCUT2D eigenvalue weighted by Gasteiger charge is -2.32. The molecule has 28 heavy (non-hydrogen) atoms. The van der Waals surface area contributed by atoms with Crippen molar-refractivity contribution in [2.45, 2.75) is 65.1 Å². The molecule has 0 saturated heterocycles. The Balaban J connectivity index is 1.58. The summed E-state index contributed by atoms with van der Waals surface area (Å²) in [5.41, 5.74) is 2.70. The zero-order valence-corrected chi connectivity index (χ0v) is 17.4. The highest BCUT2D eigenvalue weighted by molar-refractivity contribution is 7.09. The fraction of sp³-hybridized carbons (Fsp3) is 0.476. The Bertz CT molecular complexity index is 829. The molecule has 1 aromatic carbocycles. The lowest BCUT2D eigenvalue weighted by atomic mass is 9.90. The maximum atomic E-state index is 12.6. The smallest absolute Gasteiger partial charge is 0.271 e. The molecule has 3 rings (SSSR count). The van der Waals surface area contributed by atoms with Crippen molar-refractivity contribution >= 4 is 23.2 Å². The molecule has 1 fully saturated rings. The number of carbonyl (C=O) groups is 2. The van der Waals surface area contributed by atoms with Crippen molar-refractivity contribution in [2.24, 2.45) is 0 Å². The van der Waals surface area contributed by atoms with E-state index in [1.54, 1.807) is 5.38 Å². The van der Waals surface area contributed by atoms with Crippen LogP contribution in [0, 0.1) is 13.8 Å². The van der Waals surface area contributed by atoms with Crippen molar-refractivity contribution in [1.29, 1.82) is 0 Å². The van der Waals surface area contributed by atoms with E-state index in [4.69, 9.17) is 4.74 Å². The summed E-state index contributed by atoms with van der Waals surface area (Å²) in [7, 11) is 0. The molecule has 1 aromatic heterocycles. The summed E-state index contributed by atoms with van der Waals surface area (Å²) in [6.45, 7) is 5.91. The number of thiazole rings is 1. The third-order valence-corrected chi connectivity index (χ3v) is 5.64. The second kappa shape index (κ2) is 9.19. The number of aryl methyl sites for hydroxylation is 2. The van der Waals surface area contributed by atoms with Crippen LogP contribution in [0.3, 0.4) is 0 Å². The van der Waals surface area contributed by atoms with Crippen LogP contribution >= 0.6 is 11.3 Å². The summed E-state index contributed by atoms with van der Waals surface area (Å²) in [6, 6.07) is 6.00. The highest BCUT2D eigenvalue weighted by Gasteiger charge is 2.28. The molecular weight excluding hydrogens is 374 g/mol. The van der Waals surface area contributed by atoms with Gasteiger partial charge in [0.15, 0.2) is 0 Å². The van der Waals surface area contributed by atoms with E-state index < -0.39 is 0 Å². The zero-order valence-electron chi connectivity index (χ0n) is 16.6. The third-order valence-electron chi connectivity index (χ3n) is 4.81. The highest BCUT2D eigenvalue weighted by atomic mass is 32.1. The number of aromatic nitrogens is 1. The van der Waals surface area contributed by atoms with Gasteiger partial charge in [0, 0.05) is 24.4 Å². The van der Waals surface area contributed by atoms with Gasteiger partial charge in [0.2, 0.25) is 5.91 Å². The fourth-order valence-electron chi connectivity index (χ4n) is 3.62. The van der Waals surface area contributed by atoms with Gasteiger partial charge in [0.1, 0.15) is 23.1 Å². The van der Waals surface area contributed by atoms with Crippen LogP contribution in [0.15, 0.2) is 23.6 Å². The van der Waals surface area contributed by atoms with Gasteiger partial charge >= 0.3 is 0 Å². The Kier molecular flexibility index (Phi) is 6.67. The molecular formula is C21H27N3O3S. The lowest BCUT2D eigenvalue weighted by molar-refractivity contribution is -0.120. The molecule has 0 aliphatic heterocycles. The number of hydrogen-bond acceptors (Lipinski definition) is 5. The van der Waals surface area contributed by atoms with Crippen molar-refractivity contribution in [3.63, 3.8) is 0 Å². The van der Waals surface area contributed by atoms with Gasteiger partial charge in [-0.25, -0.2) is 4.98 Å². The average molecular weight is 402 g/mol. The van der Waals surface area contributed by atoms with Crippen LogP contribution < -0.4 is 15.4 Å². The van der Waals surface area contributed by atoms with Gasteiger partial charge in [-0.15, -0.1) is 11.3 Å². The number of rotatable bonds is 6. The van der Waals surface area contributed by atoms with Crippen molar-refractivity contribution < 1.29 is 14.3 Å². The summed E-state index contributed by atoms with van der Waals surface area (Å²) in [4.78, 5) is 28.4. The average Bonchev–Trinajstić information content (AvgIpc) is 3.10. The molecule has 0 unspecified atom stereocenters. The summed E-state index contributed by atoms with van der Waals surface area (Å²) >= 11 is 1.41. The summed E-state index contributed by atoms with van der Waals surface area (Å²) in [5.74, 6) is 0.542. The number of hydrogen-bond donors (Lipinski definition) is 2. The van der Waals surface area contributed by atoms with Crippen molar-refractivity contribution in [3.8, 4) is 5.75 Å². The topological polar surface area (TPSA) is 80.3 Å². The van der Waals surface area contributed by atoms with Gasteiger partial charge in [-0.2, -0.15) is 0 Å². The Hall–Kier alpha value is -2.41. The predicted molar refractivity (Wildman–Crippen MR) is 110 cm³/mol. The van der Waals surface area contributed by atoms with Gasteiger partial charge in [0.05, 0.1) is 0 Å². The van der Waals surface area contributed by atoms with Crippen molar-refractivity contribution in [3.05, 3.63) is 45.4 Å². The first-order chi connectivity index (χ1) is 13.4. The van der Waals surface area contributed by atoms with E-state index in [1.807, 2.05) is 26.0 Å². The van der Waals surface area contributed by atoms with E-state index in [2.05, 4.69) is 21.7 Å². The third kappa shape index (κ3) is 5.55. The minimum atomic E-state index is -0.198. The van der Waals surface area contributed by atoms with Gasteiger partial charge in [-0.1, -0.05) is 18.9 Å². The fourth-order valence-corrected chi connectivity index (χ4v) is 4.31. The molecule has 1 heterocycles. The van der Waals surface area contributed by atoms with E-state index in [-0.39, 0.29) is 23.9 Å². The van der Waals surface area contributed by atoms with Crippen molar-refractivity contribution in [2.75, 3.05) is 0 Å². The molecule has 6 nitrogen and oxygen atoms in total. The summed E-state index contributed by atoms with van der Waals surface area (Å²) in [5, 5.41) is 8.50. The first-order valence-corrected chi connectivity index (χ1v) is 10.5. The van der Waals surface area contributed by atoms with Gasteiger partial charge in [-0.05, 0) is 49.9 Å². The van der Waals surface area contributed by atoms with Crippen LogP contribution in [0.1, 0.15) is 59.2 Å². The second-order valence-corrected chi connectivity index (χ2v) is 8.35. The maximum Gasteiger partial charge on any atom is 0.271 e. The minimum absolute atomic E-state index is 0.0128. The second-order valence-electron chi connectivity index (χ2n) is 7.41. The molecule has 1 saturated carbocycles. The van der Waals surface area contributed by atoms with Gasteiger partial charge in [0.25, 0.3) is 5.91 Å². The number of nitrogens with one attached hydrogen (secondary N) is 2. The molecule has 1 aliphatic rings. The van der Waals surface area contributed by atoms with Crippen LogP contribution in [0.2, 0.25) is 0 Å². The van der Waals surface area contributed by atoms with E-state index in [0.29, 0.717) is 12.3 Å². The normalized spacial score (nSPS) is 19.1. The van der Waals surface area contributed by atoms with Crippen LogP contribution in [-0.2, 0) is 11.4 Å².